The van der Waals surface area contributed by atoms with Gasteiger partial charge in [0.15, 0.2) is 0 Å². The molecule has 2 atom stereocenters. The minimum absolute atomic E-state index is 0.154. The van der Waals surface area contributed by atoms with Gasteiger partial charge in [-0.15, -0.1) is 0 Å². The molecule has 0 spiro atoms. The second-order valence-corrected chi connectivity index (χ2v) is 5.44. The maximum Gasteiger partial charge on any atom is 0.0711 e. The van der Waals surface area contributed by atoms with Crippen molar-refractivity contribution in [2.45, 2.75) is 31.5 Å². The third kappa shape index (κ3) is 2.89. The number of aryl methyl sites for hydroxylation is 1. The number of aliphatic hydroxyl groups is 1. The van der Waals surface area contributed by atoms with Gasteiger partial charge in [0.25, 0.3) is 0 Å². The summed E-state index contributed by atoms with van der Waals surface area (Å²) in [5.41, 5.74) is 2.22. The lowest BCUT2D eigenvalue weighted by molar-refractivity contribution is 0.112. The highest BCUT2D eigenvalue weighted by Crippen LogP contribution is 2.23. The third-order valence-electron chi connectivity index (χ3n) is 3.92. The Labute approximate surface area is 118 Å². The van der Waals surface area contributed by atoms with Gasteiger partial charge in [0, 0.05) is 38.6 Å². The van der Waals surface area contributed by atoms with E-state index in [4.69, 9.17) is 0 Å². The molecular weight excluding hydrogens is 252 g/mol. The molecule has 2 aromatic rings. The zero-order valence-electron chi connectivity index (χ0n) is 11.7. The predicted octanol–water partition coefficient (Wildman–Crippen LogP) is 0.993. The fourth-order valence-electron chi connectivity index (χ4n) is 2.88. The molecule has 1 aliphatic rings. The van der Waals surface area contributed by atoms with Crippen LogP contribution < -0.4 is 0 Å². The first-order chi connectivity index (χ1) is 9.72. The summed E-state index contributed by atoms with van der Waals surface area (Å²) in [5, 5.41) is 14.4. The topological polar surface area (TPSA) is 54.2 Å². The first kappa shape index (κ1) is 13.3. The van der Waals surface area contributed by atoms with E-state index in [0.29, 0.717) is 0 Å². The van der Waals surface area contributed by atoms with Gasteiger partial charge in [0.05, 0.1) is 18.0 Å². The van der Waals surface area contributed by atoms with Crippen molar-refractivity contribution in [1.29, 1.82) is 0 Å². The van der Waals surface area contributed by atoms with Crippen LogP contribution in [0.25, 0.3) is 0 Å². The highest BCUT2D eigenvalue weighted by molar-refractivity contribution is 5.10. The van der Waals surface area contributed by atoms with Gasteiger partial charge >= 0.3 is 0 Å². The molecule has 3 rings (SSSR count). The van der Waals surface area contributed by atoms with E-state index < -0.39 is 0 Å². The molecule has 0 aromatic carbocycles. The molecule has 106 valence electrons. The van der Waals surface area contributed by atoms with Crippen LogP contribution in [0.2, 0.25) is 0 Å². The Kier molecular flexibility index (Phi) is 3.80. The molecule has 1 saturated heterocycles. The highest BCUT2D eigenvalue weighted by atomic mass is 16.3. The minimum atomic E-state index is -0.265. The minimum Gasteiger partial charge on any atom is -0.391 e. The molecule has 0 unspecified atom stereocenters. The van der Waals surface area contributed by atoms with E-state index in [2.05, 4.69) is 15.0 Å². The number of rotatable bonds is 4. The second kappa shape index (κ2) is 5.73. The summed E-state index contributed by atoms with van der Waals surface area (Å²) in [5.74, 6) is 0. The Balaban J connectivity index is 1.70. The van der Waals surface area contributed by atoms with Gasteiger partial charge in [-0.25, -0.2) is 0 Å². The average molecular weight is 272 g/mol. The number of pyridine rings is 1. The molecule has 1 aliphatic heterocycles. The van der Waals surface area contributed by atoms with Crippen LogP contribution in [0.3, 0.4) is 0 Å². The zero-order chi connectivity index (χ0) is 13.9. The molecule has 1 N–H and O–H groups in total. The maximum atomic E-state index is 10.2. The highest BCUT2D eigenvalue weighted by Gasteiger charge is 2.33. The largest absolute Gasteiger partial charge is 0.391 e. The second-order valence-electron chi connectivity index (χ2n) is 5.44. The van der Waals surface area contributed by atoms with E-state index >= 15 is 0 Å². The van der Waals surface area contributed by atoms with E-state index in [1.165, 1.54) is 5.56 Å². The Hall–Kier alpha value is -1.72. The van der Waals surface area contributed by atoms with Gasteiger partial charge in [-0.2, -0.15) is 5.10 Å². The van der Waals surface area contributed by atoms with Crippen LogP contribution in [0.1, 0.15) is 17.7 Å². The summed E-state index contributed by atoms with van der Waals surface area (Å²) in [7, 11) is 1.92. The van der Waals surface area contributed by atoms with Crippen molar-refractivity contribution in [2.75, 3.05) is 6.54 Å². The molecule has 1 fully saturated rings. The summed E-state index contributed by atoms with van der Waals surface area (Å²) in [6.45, 7) is 1.71. The van der Waals surface area contributed by atoms with Crippen molar-refractivity contribution in [3.63, 3.8) is 0 Å². The Morgan fingerprint density at radius 1 is 1.40 bits per heavy atom. The smallest absolute Gasteiger partial charge is 0.0711 e. The summed E-state index contributed by atoms with van der Waals surface area (Å²) in [6, 6.07) is 6.12. The molecule has 0 bridgehead atoms. The quantitative estimate of drug-likeness (QED) is 0.902. The van der Waals surface area contributed by atoms with Crippen LogP contribution in [0.5, 0.6) is 0 Å². The Morgan fingerprint density at radius 2 is 2.30 bits per heavy atom. The zero-order valence-corrected chi connectivity index (χ0v) is 11.7. The van der Waals surface area contributed by atoms with Crippen molar-refractivity contribution in [1.82, 2.24) is 19.7 Å². The van der Waals surface area contributed by atoms with Crippen molar-refractivity contribution >= 4 is 0 Å². The molecule has 0 radical (unpaired) electrons. The summed E-state index contributed by atoms with van der Waals surface area (Å²) in [6.07, 6.45) is 7.12. The van der Waals surface area contributed by atoms with Crippen LogP contribution in [-0.2, 0) is 20.0 Å². The lowest BCUT2D eigenvalue weighted by Crippen LogP contribution is -2.36. The first-order valence-electron chi connectivity index (χ1n) is 7.02. The lowest BCUT2D eigenvalue weighted by Gasteiger charge is -2.25. The molecule has 5 nitrogen and oxygen atoms in total. The van der Waals surface area contributed by atoms with Crippen LogP contribution in [0.4, 0.5) is 0 Å². The van der Waals surface area contributed by atoms with Crippen molar-refractivity contribution in [3.8, 4) is 0 Å². The molecule has 5 heteroatoms. The molecule has 3 heterocycles. The van der Waals surface area contributed by atoms with Crippen molar-refractivity contribution < 1.29 is 5.11 Å². The number of hydrogen-bond donors (Lipinski definition) is 1. The summed E-state index contributed by atoms with van der Waals surface area (Å²) in [4.78, 5) is 6.69. The van der Waals surface area contributed by atoms with E-state index in [0.717, 1.165) is 31.6 Å². The monoisotopic (exact) mass is 272 g/mol. The maximum absolute atomic E-state index is 10.2. The summed E-state index contributed by atoms with van der Waals surface area (Å²) < 4.78 is 1.81. The van der Waals surface area contributed by atoms with E-state index in [1.807, 2.05) is 43.8 Å². The fourth-order valence-corrected chi connectivity index (χ4v) is 2.88. The number of hydrogen-bond acceptors (Lipinski definition) is 4. The van der Waals surface area contributed by atoms with E-state index in [9.17, 15) is 5.11 Å². The average Bonchev–Trinajstić information content (AvgIpc) is 3.01. The Bertz CT molecular complexity index is 554. The van der Waals surface area contributed by atoms with Crippen LogP contribution in [0.15, 0.2) is 36.8 Å². The van der Waals surface area contributed by atoms with Crippen LogP contribution >= 0.6 is 0 Å². The standard InChI is InChI=1S/C15H20N4O/c1-18-10-12(9-17-18)8-14-15(20)5-7-19(14)11-13-4-2-3-6-16-13/h2-4,6,9-10,14-15,20H,5,7-8,11H2,1H3/t14-,15-/m1/s1. The number of likely N-dealkylation sites (tertiary alicyclic amines) is 1. The van der Waals surface area contributed by atoms with E-state index in [1.54, 1.807) is 4.68 Å². The number of aliphatic hydroxyl groups excluding tert-OH is 1. The van der Waals surface area contributed by atoms with Gasteiger partial charge in [0.1, 0.15) is 0 Å². The fraction of sp³-hybridized carbons (Fsp3) is 0.467. The van der Waals surface area contributed by atoms with E-state index in [-0.39, 0.29) is 12.1 Å². The van der Waals surface area contributed by atoms with Crippen molar-refractivity contribution in [2.24, 2.45) is 7.05 Å². The van der Waals surface area contributed by atoms with Crippen LogP contribution in [-0.4, -0.2) is 43.5 Å². The molecule has 0 amide bonds. The molecule has 2 aromatic heterocycles. The van der Waals surface area contributed by atoms with Crippen molar-refractivity contribution in [3.05, 3.63) is 48.0 Å². The first-order valence-corrected chi connectivity index (χ1v) is 7.02. The summed E-state index contributed by atoms with van der Waals surface area (Å²) >= 11 is 0. The predicted molar refractivity (Wildman–Crippen MR) is 76.0 cm³/mol. The van der Waals surface area contributed by atoms with Gasteiger partial charge in [-0.3, -0.25) is 14.6 Å². The third-order valence-corrected chi connectivity index (χ3v) is 3.92. The Morgan fingerprint density at radius 3 is 3.00 bits per heavy atom. The molecule has 0 saturated carbocycles. The number of aromatic nitrogens is 3. The molecule has 0 aliphatic carbocycles. The van der Waals surface area contributed by atoms with Gasteiger partial charge in [-0.05, 0) is 30.5 Å². The lowest BCUT2D eigenvalue weighted by atomic mass is 10.0. The van der Waals surface area contributed by atoms with Gasteiger partial charge < -0.3 is 5.11 Å². The van der Waals surface area contributed by atoms with Crippen LogP contribution in [0, 0.1) is 0 Å². The van der Waals surface area contributed by atoms with Gasteiger partial charge in [-0.1, -0.05) is 6.07 Å². The van der Waals surface area contributed by atoms with Gasteiger partial charge in [0.2, 0.25) is 0 Å². The molecule has 20 heavy (non-hydrogen) atoms. The number of nitrogens with zero attached hydrogens (tertiary/aromatic N) is 4. The normalized spacial score (nSPS) is 23.3. The molecular formula is C15H20N4O. The SMILES string of the molecule is Cn1cc(C[C@@H]2[C@H](O)CCN2Cc2ccccn2)cn1.